The molecule has 1 aliphatic heterocycles. The predicted octanol–water partition coefficient (Wildman–Crippen LogP) is 3.63. The summed E-state index contributed by atoms with van der Waals surface area (Å²) in [6.45, 7) is 1.15. The third-order valence-corrected chi connectivity index (χ3v) is 5.06. The van der Waals surface area contributed by atoms with Gasteiger partial charge in [-0.15, -0.1) is 0 Å². The van der Waals surface area contributed by atoms with Gasteiger partial charge in [0.2, 0.25) is 0 Å². The summed E-state index contributed by atoms with van der Waals surface area (Å²) in [6.07, 6.45) is 2.26. The van der Waals surface area contributed by atoms with Crippen LogP contribution in [0.1, 0.15) is 39.1 Å². The summed E-state index contributed by atoms with van der Waals surface area (Å²) < 4.78 is 18.7. The summed E-state index contributed by atoms with van der Waals surface area (Å²) in [5.74, 6) is -1.23. The molecule has 6 heteroatoms. The van der Waals surface area contributed by atoms with Gasteiger partial charge in [0.15, 0.2) is 11.6 Å². The minimum absolute atomic E-state index is 0.113. The molecule has 0 spiro atoms. The molecule has 0 saturated carbocycles. The number of ether oxygens (including phenoxy) is 1. The molecule has 1 fully saturated rings. The maximum atomic E-state index is 13.8. The van der Waals surface area contributed by atoms with Crippen LogP contribution in [0.3, 0.4) is 0 Å². The third kappa shape index (κ3) is 4.27. The van der Waals surface area contributed by atoms with Crippen molar-refractivity contribution in [3.8, 4) is 5.75 Å². The maximum absolute atomic E-state index is 13.8. The van der Waals surface area contributed by atoms with Crippen LogP contribution in [0.15, 0.2) is 42.5 Å². The summed E-state index contributed by atoms with van der Waals surface area (Å²) in [5, 5.41) is 9.30. The second kappa shape index (κ2) is 8.20. The van der Waals surface area contributed by atoms with E-state index in [9.17, 15) is 19.1 Å². The normalized spacial score (nSPS) is 14.8. The molecule has 0 aliphatic carbocycles. The molecule has 1 aliphatic rings. The van der Waals surface area contributed by atoms with Gasteiger partial charge >= 0.3 is 5.97 Å². The highest BCUT2D eigenvalue weighted by molar-refractivity contribution is 5.94. The van der Waals surface area contributed by atoms with E-state index < -0.39 is 11.8 Å². The molecule has 27 heavy (non-hydrogen) atoms. The van der Waals surface area contributed by atoms with E-state index in [0.29, 0.717) is 36.6 Å². The number of carbonyl (C=O) groups excluding carboxylic acids is 1. The number of rotatable bonds is 5. The van der Waals surface area contributed by atoms with E-state index in [2.05, 4.69) is 0 Å². The van der Waals surface area contributed by atoms with Crippen LogP contribution in [0, 0.1) is 11.7 Å². The molecule has 2 aromatic carbocycles. The van der Waals surface area contributed by atoms with Gasteiger partial charge in [-0.2, -0.15) is 0 Å². The van der Waals surface area contributed by atoms with Crippen molar-refractivity contribution in [3.05, 3.63) is 65.0 Å². The fourth-order valence-electron chi connectivity index (χ4n) is 3.54. The number of piperidine rings is 1. The first kappa shape index (κ1) is 18.9. The van der Waals surface area contributed by atoms with Gasteiger partial charge in [-0.05, 0) is 55.0 Å². The lowest BCUT2D eigenvalue weighted by atomic mass is 9.88. The van der Waals surface area contributed by atoms with Gasteiger partial charge in [0.1, 0.15) is 0 Å². The summed E-state index contributed by atoms with van der Waals surface area (Å²) >= 11 is 0. The number of amides is 1. The Morgan fingerprint density at radius 3 is 2.52 bits per heavy atom. The van der Waals surface area contributed by atoms with Crippen LogP contribution in [0.4, 0.5) is 4.39 Å². The zero-order valence-electron chi connectivity index (χ0n) is 15.2. The van der Waals surface area contributed by atoms with Crippen LogP contribution < -0.4 is 4.74 Å². The highest BCUT2D eigenvalue weighted by Gasteiger charge is 2.25. The zero-order chi connectivity index (χ0) is 19.4. The zero-order valence-corrected chi connectivity index (χ0v) is 15.2. The van der Waals surface area contributed by atoms with Crippen molar-refractivity contribution in [2.45, 2.75) is 19.3 Å². The summed E-state index contributed by atoms with van der Waals surface area (Å²) in [4.78, 5) is 25.7. The number of methoxy groups -OCH3 is 1. The molecule has 5 nitrogen and oxygen atoms in total. The van der Waals surface area contributed by atoms with Crippen LogP contribution in [0.25, 0.3) is 0 Å². The van der Waals surface area contributed by atoms with Crippen LogP contribution in [-0.2, 0) is 6.42 Å². The third-order valence-electron chi connectivity index (χ3n) is 5.06. The Morgan fingerprint density at radius 2 is 1.89 bits per heavy atom. The molecule has 1 amide bonds. The number of carbonyl (C=O) groups is 2. The molecule has 2 aromatic rings. The number of hydrogen-bond acceptors (Lipinski definition) is 3. The van der Waals surface area contributed by atoms with Gasteiger partial charge in [0.05, 0.1) is 12.7 Å². The van der Waals surface area contributed by atoms with Gasteiger partial charge in [0, 0.05) is 18.7 Å². The molecule has 0 unspecified atom stereocenters. The van der Waals surface area contributed by atoms with Crippen LogP contribution in [-0.4, -0.2) is 42.1 Å². The van der Waals surface area contributed by atoms with E-state index in [1.807, 2.05) is 12.1 Å². The van der Waals surface area contributed by atoms with Crippen molar-refractivity contribution in [1.82, 2.24) is 4.90 Å². The standard InChI is InChI=1S/C21H22FNO4/c1-27-19-7-6-16(13-18(19)22)20(24)23-10-8-14(9-11-23)12-15-4-2-3-5-17(15)21(25)26/h2-7,13-14H,8-12H2,1H3,(H,25,26). The lowest BCUT2D eigenvalue weighted by Crippen LogP contribution is -2.39. The molecule has 3 rings (SSSR count). The van der Waals surface area contributed by atoms with Gasteiger partial charge in [-0.1, -0.05) is 18.2 Å². The quantitative estimate of drug-likeness (QED) is 0.872. The molecule has 142 valence electrons. The van der Waals surface area contributed by atoms with E-state index in [1.54, 1.807) is 23.1 Å². The molecule has 0 radical (unpaired) electrons. The number of halogens is 1. The van der Waals surface area contributed by atoms with E-state index in [4.69, 9.17) is 4.74 Å². The average Bonchev–Trinajstić information content (AvgIpc) is 2.68. The Labute approximate surface area is 157 Å². The minimum Gasteiger partial charge on any atom is -0.494 e. The summed E-state index contributed by atoms with van der Waals surface area (Å²) in [5.41, 5.74) is 1.47. The molecule has 1 saturated heterocycles. The molecule has 1 heterocycles. The number of hydrogen-bond donors (Lipinski definition) is 1. The largest absolute Gasteiger partial charge is 0.494 e. The van der Waals surface area contributed by atoms with Gasteiger partial charge in [-0.3, -0.25) is 4.79 Å². The first-order valence-electron chi connectivity index (χ1n) is 8.93. The average molecular weight is 371 g/mol. The highest BCUT2D eigenvalue weighted by Crippen LogP contribution is 2.25. The van der Waals surface area contributed by atoms with Crippen molar-refractivity contribution in [2.24, 2.45) is 5.92 Å². The van der Waals surface area contributed by atoms with E-state index in [1.165, 1.54) is 19.2 Å². The highest BCUT2D eigenvalue weighted by atomic mass is 19.1. The van der Waals surface area contributed by atoms with E-state index >= 15 is 0 Å². The van der Waals surface area contributed by atoms with Crippen molar-refractivity contribution < 1.29 is 23.8 Å². The maximum Gasteiger partial charge on any atom is 0.335 e. The number of carboxylic acids is 1. The van der Waals surface area contributed by atoms with Crippen LogP contribution in [0.2, 0.25) is 0 Å². The minimum atomic E-state index is -0.917. The fraction of sp³-hybridized carbons (Fsp3) is 0.333. The number of carboxylic acid groups (broad SMARTS) is 1. The number of benzene rings is 2. The van der Waals surface area contributed by atoms with Crippen LogP contribution in [0.5, 0.6) is 5.75 Å². The van der Waals surface area contributed by atoms with Crippen molar-refractivity contribution in [3.63, 3.8) is 0 Å². The Bertz CT molecular complexity index is 844. The van der Waals surface area contributed by atoms with Gasteiger partial charge < -0.3 is 14.7 Å². The van der Waals surface area contributed by atoms with E-state index in [0.717, 1.165) is 18.4 Å². The second-order valence-corrected chi connectivity index (χ2v) is 6.75. The first-order valence-corrected chi connectivity index (χ1v) is 8.93. The topological polar surface area (TPSA) is 66.8 Å². The summed E-state index contributed by atoms with van der Waals surface area (Å²) in [6, 6.07) is 11.3. The second-order valence-electron chi connectivity index (χ2n) is 6.75. The van der Waals surface area contributed by atoms with Crippen molar-refractivity contribution in [1.29, 1.82) is 0 Å². The first-order chi connectivity index (χ1) is 13.0. The fourth-order valence-corrected chi connectivity index (χ4v) is 3.54. The Morgan fingerprint density at radius 1 is 1.19 bits per heavy atom. The molecular formula is C21H22FNO4. The lowest BCUT2D eigenvalue weighted by Gasteiger charge is -2.32. The summed E-state index contributed by atoms with van der Waals surface area (Å²) in [7, 11) is 1.38. The number of likely N-dealkylation sites (tertiary alicyclic amines) is 1. The van der Waals surface area contributed by atoms with Gasteiger partial charge in [0.25, 0.3) is 5.91 Å². The Balaban J connectivity index is 1.61. The Hall–Kier alpha value is -2.89. The van der Waals surface area contributed by atoms with Crippen LogP contribution >= 0.6 is 0 Å². The lowest BCUT2D eigenvalue weighted by molar-refractivity contribution is 0.0690. The SMILES string of the molecule is COc1ccc(C(=O)N2CCC(Cc3ccccc3C(=O)O)CC2)cc1F. The predicted molar refractivity (Wildman–Crippen MR) is 98.7 cm³/mol. The number of nitrogens with zero attached hydrogens (tertiary/aromatic N) is 1. The van der Waals surface area contributed by atoms with E-state index in [-0.39, 0.29) is 11.7 Å². The Kier molecular flexibility index (Phi) is 5.74. The van der Waals surface area contributed by atoms with Crippen molar-refractivity contribution in [2.75, 3.05) is 20.2 Å². The molecule has 1 N–H and O–H groups in total. The molecule has 0 atom stereocenters. The smallest absolute Gasteiger partial charge is 0.335 e. The monoisotopic (exact) mass is 371 g/mol. The number of aromatic carboxylic acids is 1. The van der Waals surface area contributed by atoms with Crippen molar-refractivity contribution >= 4 is 11.9 Å². The van der Waals surface area contributed by atoms with Gasteiger partial charge in [-0.25, -0.2) is 9.18 Å². The molecule has 0 aromatic heterocycles. The molecular weight excluding hydrogens is 349 g/mol. The molecule has 0 bridgehead atoms.